The van der Waals surface area contributed by atoms with E-state index in [1.807, 2.05) is 39.8 Å². The lowest BCUT2D eigenvalue weighted by atomic mass is 9.86. The molecule has 2 aliphatic heterocycles. The van der Waals surface area contributed by atoms with E-state index in [9.17, 15) is 15.0 Å². The molecule has 0 spiro atoms. The second-order valence-corrected chi connectivity index (χ2v) is 8.28. The molecule has 0 amide bonds. The Bertz CT molecular complexity index is 943. The van der Waals surface area contributed by atoms with Crippen LogP contribution in [0.1, 0.15) is 45.1 Å². The molecule has 1 aromatic heterocycles. The maximum absolute atomic E-state index is 11.6. The molecule has 3 rings (SSSR count). The molecule has 0 saturated carbocycles. The van der Waals surface area contributed by atoms with E-state index in [2.05, 4.69) is 0 Å². The van der Waals surface area contributed by atoms with Gasteiger partial charge in [-0.3, -0.25) is 0 Å². The van der Waals surface area contributed by atoms with Crippen molar-refractivity contribution in [3.05, 3.63) is 63.8 Å². The normalized spacial score (nSPS) is 34.9. The van der Waals surface area contributed by atoms with Gasteiger partial charge in [0.15, 0.2) is 0 Å². The lowest BCUT2D eigenvalue weighted by Crippen LogP contribution is -2.46. The topological polar surface area (TPSA) is 98.4 Å². The molecule has 0 radical (unpaired) electrons. The van der Waals surface area contributed by atoms with Crippen LogP contribution in [0.25, 0.3) is 0 Å². The maximum Gasteiger partial charge on any atom is 0.339 e. The lowest BCUT2D eigenvalue weighted by molar-refractivity contribution is -0.191. The van der Waals surface area contributed by atoms with Crippen molar-refractivity contribution in [3.63, 3.8) is 0 Å². The number of aliphatic hydroxyl groups is 2. The summed E-state index contributed by atoms with van der Waals surface area (Å²) >= 11 is 0. The smallest absolute Gasteiger partial charge is 0.339 e. The van der Waals surface area contributed by atoms with E-state index in [0.29, 0.717) is 11.3 Å². The first-order valence-electron chi connectivity index (χ1n) is 9.96. The van der Waals surface area contributed by atoms with Crippen LogP contribution in [0.4, 0.5) is 0 Å². The summed E-state index contributed by atoms with van der Waals surface area (Å²) in [5.74, 6) is 0.516. The van der Waals surface area contributed by atoms with Gasteiger partial charge in [-0.25, -0.2) is 4.79 Å². The number of rotatable bonds is 6. The molecular weight excluding hydrogens is 388 g/mol. The predicted octanol–water partition coefficient (Wildman–Crippen LogP) is 2.74. The van der Waals surface area contributed by atoms with Gasteiger partial charge in [0, 0.05) is 5.56 Å². The van der Waals surface area contributed by atoms with Gasteiger partial charge in [-0.2, -0.15) is 0 Å². The minimum atomic E-state index is -1.08. The Labute approximate surface area is 176 Å². The fraction of sp³-hybridized carbons (Fsp3) is 0.522. The Balaban J connectivity index is 1.68. The Morgan fingerprint density at radius 1 is 1.23 bits per heavy atom. The summed E-state index contributed by atoms with van der Waals surface area (Å²) < 4.78 is 22.4. The van der Waals surface area contributed by atoms with Gasteiger partial charge < -0.3 is 28.8 Å². The predicted molar refractivity (Wildman–Crippen MR) is 112 cm³/mol. The van der Waals surface area contributed by atoms with E-state index in [-0.39, 0.29) is 18.0 Å². The van der Waals surface area contributed by atoms with Gasteiger partial charge in [0.05, 0.1) is 19.3 Å². The third-order valence-electron chi connectivity index (χ3n) is 6.19. The zero-order valence-electron chi connectivity index (χ0n) is 18.2. The highest BCUT2D eigenvalue weighted by molar-refractivity contribution is 5.35. The van der Waals surface area contributed by atoms with Crippen molar-refractivity contribution in [1.82, 2.24) is 0 Å². The fourth-order valence-electron chi connectivity index (χ4n) is 4.30. The van der Waals surface area contributed by atoms with Crippen LogP contribution >= 0.6 is 0 Å². The van der Waals surface area contributed by atoms with E-state index in [1.54, 1.807) is 19.1 Å². The monoisotopic (exact) mass is 418 g/mol. The van der Waals surface area contributed by atoms with Gasteiger partial charge in [0.2, 0.25) is 0 Å². The number of fused-ring (bicyclic) bond motifs is 2. The lowest BCUT2D eigenvalue weighted by Gasteiger charge is -2.37. The molecule has 7 nitrogen and oxygen atoms in total. The van der Waals surface area contributed by atoms with E-state index in [1.165, 1.54) is 19.3 Å². The highest BCUT2D eigenvalue weighted by Gasteiger charge is 2.69. The van der Waals surface area contributed by atoms with Crippen molar-refractivity contribution >= 4 is 0 Å². The molecule has 3 heterocycles. The largest absolute Gasteiger partial charge is 0.496 e. The summed E-state index contributed by atoms with van der Waals surface area (Å²) in [5.41, 5.74) is -0.596. The minimum Gasteiger partial charge on any atom is -0.496 e. The van der Waals surface area contributed by atoms with Gasteiger partial charge in [-0.05, 0) is 46.3 Å². The summed E-state index contributed by atoms with van der Waals surface area (Å²) in [6.45, 7) is 9.30. The van der Waals surface area contributed by atoms with Crippen LogP contribution in [-0.4, -0.2) is 46.8 Å². The molecule has 2 saturated heterocycles. The Morgan fingerprint density at radius 3 is 2.50 bits per heavy atom. The van der Waals surface area contributed by atoms with E-state index < -0.39 is 29.0 Å². The van der Waals surface area contributed by atoms with Crippen LogP contribution in [0.2, 0.25) is 0 Å². The quantitative estimate of drug-likeness (QED) is 0.686. The standard InChI is InChI=1S/C23H30O7/c1-13(20-23(5)21(26)22(4,30-20)15(3)29-23)10-8-7-9-11-16(24)19-14(2)17(27-6)12-18(25)28-19/h7-12,15-16,20-21,24,26H,1-6H3/b8-7+,11-9+,13-10+/t15-,16?,20-,21?,22+,23+/m1/s1. The molecule has 6 atom stereocenters. The summed E-state index contributed by atoms with van der Waals surface area (Å²) in [5, 5.41) is 20.9. The number of methoxy groups -OCH3 is 1. The van der Waals surface area contributed by atoms with Crippen molar-refractivity contribution < 1.29 is 28.8 Å². The first-order chi connectivity index (χ1) is 14.0. The molecular formula is C23H30O7. The van der Waals surface area contributed by atoms with Crippen LogP contribution in [0.5, 0.6) is 5.75 Å². The molecule has 2 fully saturated rings. The van der Waals surface area contributed by atoms with Crippen LogP contribution in [0.3, 0.4) is 0 Å². The zero-order valence-corrected chi connectivity index (χ0v) is 18.2. The SMILES string of the molecule is COc1cc(=O)oc(C(O)/C=C/C=C/C=C(\C)[C@H]2O[C@]3(C)C(O)[C@@]2(C)O[C@@H]3C)c1C. The molecule has 2 bridgehead atoms. The zero-order chi connectivity index (χ0) is 22.3. The average Bonchev–Trinajstić information content (AvgIpc) is 3.00. The number of hydrogen-bond donors (Lipinski definition) is 2. The first-order valence-corrected chi connectivity index (χ1v) is 9.96. The number of hydrogen-bond acceptors (Lipinski definition) is 7. The van der Waals surface area contributed by atoms with E-state index in [4.69, 9.17) is 18.6 Å². The molecule has 0 aromatic carbocycles. The minimum absolute atomic E-state index is 0.146. The van der Waals surface area contributed by atoms with E-state index >= 15 is 0 Å². The molecule has 1 aromatic rings. The van der Waals surface area contributed by atoms with Crippen molar-refractivity contribution in [2.24, 2.45) is 0 Å². The summed E-state index contributed by atoms with van der Waals surface area (Å²) in [7, 11) is 1.45. The summed E-state index contributed by atoms with van der Waals surface area (Å²) in [6.07, 6.45) is 6.30. The molecule has 2 unspecified atom stereocenters. The third kappa shape index (κ3) is 3.67. The maximum atomic E-state index is 11.6. The van der Waals surface area contributed by atoms with Gasteiger partial charge in [0.1, 0.15) is 41.0 Å². The Kier molecular flexibility index (Phi) is 6.11. The second kappa shape index (κ2) is 8.15. The molecule has 30 heavy (non-hydrogen) atoms. The van der Waals surface area contributed by atoms with Crippen LogP contribution in [0, 0.1) is 6.92 Å². The molecule has 7 heteroatoms. The summed E-state index contributed by atoms with van der Waals surface area (Å²) in [4.78, 5) is 11.6. The van der Waals surface area contributed by atoms with E-state index in [0.717, 1.165) is 5.57 Å². The second-order valence-electron chi connectivity index (χ2n) is 8.28. The van der Waals surface area contributed by atoms with Crippen molar-refractivity contribution in [3.8, 4) is 5.75 Å². The number of ether oxygens (including phenoxy) is 3. The average molecular weight is 418 g/mol. The van der Waals surface area contributed by atoms with Crippen LogP contribution < -0.4 is 10.4 Å². The van der Waals surface area contributed by atoms with Crippen molar-refractivity contribution in [1.29, 1.82) is 0 Å². The first kappa shape index (κ1) is 22.5. The molecule has 2 N–H and O–H groups in total. The summed E-state index contributed by atoms with van der Waals surface area (Å²) in [6, 6.07) is 1.24. The molecule has 164 valence electrons. The highest BCUT2D eigenvalue weighted by atomic mass is 16.7. The van der Waals surface area contributed by atoms with Crippen LogP contribution in [-0.2, 0) is 9.47 Å². The van der Waals surface area contributed by atoms with Gasteiger partial charge in [-0.1, -0.05) is 24.3 Å². The third-order valence-corrected chi connectivity index (χ3v) is 6.19. The van der Waals surface area contributed by atoms with Crippen molar-refractivity contribution in [2.75, 3.05) is 7.11 Å². The van der Waals surface area contributed by atoms with Crippen LogP contribution in [0.15, 0.2) is 51.2 Å². The molecule has 0 aliphatic carbocycles. The molecule has 2 aliphatic rings. The van der Waals surface area contributed by atoms with Gasteiger partial charge in [0.25, 0.3) is 0 Å². The fourth-order valence-corrected chi connectivity index (χ4v) is 4.30. The number of aliphatic hydroxyl groups excluding tert-OH is 2. The Hall–Kier alpha value is -2.19. The highest BCUT2D eigenvalue weighted by Crippen LogP contribution is 2.52. The van der Waals surface area contributed by atoms with Gasteiger partial charge in [-0.15, -0.1) is 0 Å². The number of allylic oxidation sites excluding steroid dienone is 4. The van der Waals surface area contributed by atoms with Gasteiger partial charge >= 0.3 is 5.63 Å². The Morgan fingerprint density at radius 2 is 1.93 bits per heavy atom. The van der Waals surface area contributed by atoms with Crippen molar-refractivity contribution in [2.45, 2.75) is 70.2 Å².